The van der Waals surface area contributed by atoms with E-state index < -0.39 is 16.7 Å². The Balaban J connectivity index is 1.55. The highest BCUT2D eigenvalue weighted by Crippen LogP contribution is 2.32. The van der Waals surface area contributed by atoms with Gasteiger partial charge in [-0.05, 0) is 29.8 Å². The van der Waals surface area contributed by atoms with E-state index in [9.17, 15) is 24.5 Å². The lowest BCUT2D eigenvalue weighted by atomic mass is 10.2. The third-order valence-corrected chi connectivity index (χ3v) is 6.11. The van der Waals surface area contributed by atoms with Crippen molar-refractivity contribution in [1.29, 1.82) is 0 Å². The molecule has 2 N–H and O–H groups in total. The van der Waals surface area contributed by atoms with E-state index in [-0.39, 0.29) is 30.1 Å². The fourth-order valence-corrected chi connectivity index (χ4v) is 4.46. The number of carbonyl (C=O) groups is 3. The number of rotatable bonds is 6. The van der Waals surface area contributed by atoms with Gasteiger partial charge in [0, 0.05) is 23.5 Å². The van der Waals surface area contributed by atoms with Crippen molar-refractivity contribution in [2.24, 2.45) is 0 Å². The van der Waals surface area contributed by atoms with Crippen molar-refractivity contribution in [2.45, 2.75) is 6.42 Å². The summed E-state index contributed by atoms with van der Waals surface area (Å²) in [5.74, 6) is -1.72. The predicted octanol–water partition coefficient (Wildman–Crippen LogP) is 3.41. The van der Waals surface area contributed by atoms with Crippen molar-refractivity contribution in [1.82, 2.24) is 15.8 Å². The quantitative estimate of drug-likeness (QED) is 0.252. The van der Waals surface area contributed by atoms with Gasteiger partial charge in [0.05, 0.1) is 9.83 Å². The van der Waals surface area contributed by atoms with E-state index in [0.717, 1.165) is 21.8 Å². The minimum atomic E-state index is -0.826. The molecule has 0 unspecified atom stereocenters. The summed E-state index contributed by atoms with van der Waals surface area (Å²) in [6, 6.07) is 12.8. The molecule has 1 aliphatic rings. The van der Waals surface area contributed by atoms with E-state index >= 15 is 0 Å². The molecule has 1 heterocycles. The average molecular weight is 535 g/mol. The number of para-hydroxylation sites is 1. The summed E-state index contributed by atoms with van der Waals surface area (Å²) in [6.45, 7) is 0.0215. The standard InChI is InChI=1S/C20H15BrN4O5S2/c21-13-5-3-4-12(10-13)11-16-19(28)24(20(31)32-16)9-8-17(26)22-23-18(27)14-6-1-2-7-15(14)25(29)30/h1-7,10-11H,8-9H2,(H,22,26)(H,23,27). The number of thiocarbonyl (C=S) groups is 1. The van der Waals surface area contributed by atoms with E-state index in [1.165, 1.54) is 29.2 Å². The molecular formula is C20H15BrN4O5S2. The molecule has 0 bridgehead atoms. The van der Waals surface area contributed by atoms with Gasteiger partial charge in [-0.3, -0.25) is 40.2 Å². The van der Waals surface area contributed by atoms with Crippen LogP contribution in [0, 0.1) is 10.1 Å². The Morgan fingerprint density at radius 2 is 1.94 bits per heavy atom. The zero-order valence-corrected chi connectivity index (χ0v) is 19.5. The van der Waals surface area contributed by atoms with Crippen LogP contribution in [0.25, 0.3) is 6.08 Å². The molecule has 0 saturated carbocycles. The zero-order chi connectivity index (χ0) is 23.3. The first-order chi connectivity index (χ1) is 15.3. The van der Waals surface area contributed by atoms with E-state index in [2.05, 4.69) is 26.8 Å². The van der Waals surface area contributed by atoms with Crippen LogP contribution in [0.15, 0.2) is 57.9 Å². The Hall–Kier alpha value is -3.09. The number of thioether (sulfide) groups is 1. The van der Waals surface area contributed by atoms with Gasteiger partial charge in [0.1, 0.15) is 9.88 Å². The van der Waals surface area contributed by atoms with Crippen molar-refractivity contribution < 1.29 is 19.3 Å². The first-order valence-electron chi connectivity index (χ1n) is 9.10. The lowest BCUT2D eigenvalue weighted by Gasteiger charge is -2.14. The predicted molar refractivity (Wildman–Crippen MR) is 127 cm³/mol. The number of hydrogen-bond acceptors (Lipinski definition) is 7. The first kappa shape index (κ1) is 23.6. The Kier molecular flexibility index (Phi) is 7.72. The lowest BCUT2D eigenvalue weighted by molar-refractivity contribution is -0.385. The number of hydrogen-bond donors (Lipinski definition) is 2. The first-order valence-corrected chi connectivity index (χ1v) is 11.1. The van der Waals surface area contributed by atoms with Crippen LogP contribution < -0.4 is 10.9 Å². The molecular weight excluding hydrogens is 520 g/mol. The number of halogens is 1. The second kappa shape index (κ2) is 10.5. The zero-order valence-electron chi connectivity index (χ0n) is 16.2. The van der Waals surface area contributed by atoms with Gasteiger partial charge < -0.3 is 0 Å². The molecule has 12 heteroatoms. The van der Waals surface area contributed by atoms with Crippen LogP contribution in [0.1, 0.15) is 22.3 Å². The third-order valence-electron chi connectivity index (χ3n) is 4.24. The number of nitro benzene ring substituents is 1. The van der Waals surface area contributed by atoms with E-state index in [0.29, 0.717) is 9.23 Å². The van der Waals surface area contributed by atoms with E-state index in [4.69, 9.17) is 12.2 Å². The van der Waals surface area contributed by atoms with Crippen LogP contribution in [0.4, 0.5) is 5.69 Å². The molecule has 9 nitrogen and oxygen atoms in total. The number of benzene rings is 2. The Morgan fingerprint density at radius 3 is 2.66 bits per heavy atom. The van der Waals surface area contributed by atoms with Gasteiger partial charge in [0.2, 0.25) is 5.91 Å². The molecule has 0 atom stereocenters. The summed E-state index contributed by atoms with van der Waals surface area (Å²) < 4.78 is 1.20. The van der Waals surface area contributed by atoms with Crippen LogP contribution in [0.2, 0.25) is 0 Å². The second-order valence-corrected chi connectivity index (χ2v) is 9.01. The van der Waals surface area contributed by atoms with Gasteiger partial charge >= 0.3 is 0 Å². The molecule has 0 radical (unpaired) electrons. The summed E-state index contributed by atoms with van der Waals surface area (Å²) in [5, 5.41) is 11.0. The highest BCUT2D eigenvalue weighted by Gasteiger charge is 2.32. The highest BCUT2D eigenvalue weighted by atomic mass is 79.9. The van der Waals surface area contributed by atoms with Gasteiger partial charge in [-0.1, -0.05) is 64.2 Å². The van der Waals surface area contributed by atoms with Crippen molar-refractivity contribution in [3.8, 4) is 0 Å². The van der Waals surface area contributed by atoms with Gasteiger partial charge in [-0.15, -0.1) is 0 Å². The topological polar surface area (TPSA) is 122 Å². The Labute approximate surface area is 200 Å². The number of nitro groups is 1. The van der Waals surface area contributed by atoms with Gasteiger partial charge in [0.25, 0.3) is 17.5 Å². The Bertz CT molecular complexity index is 1150. The maximum atomic E-state index is 12.6. The number of nitrogens with one attached hydrogen (secondary N) is 2. The van der Waals surface area contributed by atoms with Crippen molar-refractivity contribution >= 4 is 73.7 Å². The summed E-state index contributed by atoms with van der Waals surface area (Å²) >= 11 is 9.77. The molecule has 32 heavy (non-hydrogen) atoms. The van der Waals surface area contributed by atoms with Crippen molar-refractivity contribution in [2.75, 3.05) is 6.54 Å². The van der Waals surface area contributed by atoms with Crippen LogP contribution >= 0.6 is 39.9 Å². The van der Waals surface area contributed by atoms with Gasteiger partial charge in [0.15, 0.2) is 0 Å². The number of amides is 3. The molecule has 2 aromatic carbocycles. The monoisotopic (exact) mass is 534 g/mol. The summed E-state index contributed by atoms with van der Waals surface area (Å²) in [6.07, 6.45) is 1.59. The molecule has 0 aliphatic carbocycles. The van der Waals surface area contributed by atoms with Crippen LogP contribution in [0.3, 0.4) is 0 Å². The summed E-state index contributed by atoms with van der Waals surface area (Å²) in [5.41, 5.74) is 4.59. The third kappa shape index (κ3) is 5.78. The molecule has 1 saturated heterocycles. The lowest BCUT2D eigenvalue weighted by Crippen LogP contribution is -2.43. The van der Waals surface area contributed by atoms with Gasteiger partial charge in [-0.25, -0.2) is 0 Å². The molecule has 3 amide bonds. The number of nitrogens with zero attached hydrogens (tertiary/aromatic N) is 2. The van der Waals surface area contributed by atoms with Crippen LogP contribution in [0.5, 0.6) is 0 Å². The molecule has 0 aromatic heterocycles. The molecule has 0 spiro atoms. The van der Waals surface area contributed by atoms with Crippen LogP contribution in [-0.2, 0) is 9.59 Å². The molecule has 1 fully saturated rings. The minimum Gasteiger partial charge on any atom is -0.292 e. The molecule has 3 rings (SSSR count). The second-order valence-electron chi connectivity index (χ2n) is 6.41. The molecule has 164 valence electrons. The average Bonchev–Trinajstić information content (AvgIpc) is 3.02. The molecule has 1 aliphatic heterocycles. The number of hydrazine groups is 1. The van der Waals surface area contributed by atoms with Gasteiger partial charge in [-0.2, -0.15) is 0 Å². The fourth-order valence-electron chi connectivity index (χ4n) is 2.74. The largest absolute Gasteiger partial charge is 0.292 e. The van der Waals surface area contributed by atoms with E-state index in [1.54, 1.807) is 6.08 Å². The summed E-state index contributed by atoms with van der Waals surface area (Å²) in [4.78, 5) is 49.0. The molecule has 2 aromatic rings. The van der Waals surface area contributed by atoms with E-state index in [1.807, 2.05) is 24.3 Å². The normalized spacial score (nSPS) is 14.5. The maximum Gasteiger partial charge on any atom is 0.282 e. The summed E-state index contributed by atoms with van der Waals surface area (Å²) in [7, 11) is 0. The number of carbonyl (C=O) groups excluding carboxylic acids is 3. The highest BCUT2D eigenvalue weighted by molar-refractivity contribution is 9.10. The minimum absolute atomic E-state index is 0.0215. The van der Waals surface area contributed by atoms with Crippen molar-refractivity contribution in [3.05, 3.63) is 79.2 Å². The van der Waals surface area contributed by atoms with Crippen molar-refractivity contribution in [3.63, 3.8) is 0 Å². The maximum absolute atomic E-state index is 12.6. The fraction of sp³-hybridized carbons (Fsp3) is 0.100. The smallest absolute Gasteiger partial charge is 0.282 e. The van der Waals surface area contributed by atoms with Crippen LogP contribution in [-0.4, -0.2) is 38.4 Å². The Morgan fingerprint density at radius 1 is 1.19 bits per heavy atom. The SMILES string of the molecule is O=C(CCN1C(=O)C(=Cc2cccc(Br)c2)SC1=S)NNC(=O)c1ccccc1[N+](=O)[O-].